The average molecular weight is 234 g/mol. The van der Waals surface area contributed by atoms with Gasteiger partial charge in [-0.05, 0) is 24.5 Å². The Labute approximate surface area is 98.3 Å². The van der Waals surface area contributed by atoms with E-state index in [0.29, 0.717) is 11.1 Å². The number of hydrogen-bond donors (Lipinski definition) is 1. The Bertz CT molecular complexity index is 562. The number of rotatable bonds is 3. The first-order valence-electron chi connectivity index (χ1n) is 5.10. The standard InChI is InChI=1S/C12H14N2OS/c1-16-8-7-14-6-5-9-10(12(14)15)3-2-4-11(9)13/h2-6H,7-8,13H2,1H3. The molecule has 1 heterocycles. The van der Waals surface area contributed by atoms with E-state index in [1.54, 1.807) is 16.3 Å². The third kappa shape index (κ3) is 1.93. The summed E-state index contributed by atoms with van der Waals surface area (Å²) in [6, 6.07) is 7.36. The van der Waals surface area contributed by atoms with E-state index in [4.69, 9.17) is 5.73 Å². The minimum absolute atomic E-state index is 0.0406. The van der Waals surface area contributed by atoms with Crippen LogP contribution in [0.4, 0.5) is 5.69 Å². The Morgan fingerprint density at radius 3 is 2.88 bits per heavy atom. The van der Waals surface area contributed by atoms with E-state index in [0.717, 1.165) is 17.7 Å². The molecule has 0 aliphatic heterocycles. The second kappa shape index (κ2) is 4.61. The second-order valence-corrected chi connectivity index (χ2v) is 4.60. The number of hydrogen-bond acceptors (Lipinski definition) is 3. The molecule has 2 N–H and O–H groups in total. The predicted octanol–water partition coefficient (Wildman–Crippen LogP) is 1.95. The van der Waals surface area contributed by atoms with E-state index in [1.165, 1.54) is 0 Å². The highest BCUT2D eigenvalue weighted by Gasteiger charge is 2.03. The van der Waals surface area contributed by atoms with Crippen LogP contribution in [0.5, 0.6) is 0 Å². The summed E-state index contributed by atoms with van der Waals surface area (Å²) in [6.45, 7) is 0.741. The van der Waals surface area contributed by atoms with Crippen LogP contribution in [-0.4, -0.2) is 16.6 Å². The minimum atomic E-state index is 0.0406. The molecule has 4 heteroatoms. The van der Waals surface area contributed by atoms with Crippen molar-refractivity contribution >= 4 is 28.2 Å². The molecule has 0 saturated carbocycles. The fraction of sp³-hybridized carbons (Fsp3) is 0.250. The zero-order valence-corrected chi connectivity index (χ0v) is 9.96. The molecule has 0 bridgehead atoms. The fourth-order valence-corrected chi connectivity index (χ4v) is 2.09. The average Bonchev–Trinajstić information content (AvgIpc) is 2.29. The van der Waals surface area contributed by atoms with Crippen LogP contribution in [0.1, 0.15) is 0 Å². The third-order valence-corrected chi connectivity index (χ3v) is 3.18. The first-order valence-corrected chi connectivity index (χ1v) is 6.50. The molecule has 16 heavy (non-hydrogen) atoms. The SMILES string of the molecule is CSCCn1ccc2c(N)cccc2c1=O. The smallest absolute Gasteiger partial charge is 0.258 e. The van der Waals surface area contributed by atoms with E-state index < -0.39 is 0 Å². The molecule has 3 nitrogen and oxygen atoms in total. The zero-order valence-electron chi connectivity index (χ0n) is 9.14. The molecular weight excluding hydrogens is 220 g/mol. The number of aromatic nitrogens is 1. The van der Waals surface area contributed by atoms with Crippen LogP contribution in [0.15, 0.2) is 35.3 Å². The molecule has 2 aromatic rings. The highest BCUT2D eigenvalue weighted by Crippen LogP contribution is 2.16. The van der Waals surface area contributed by atoms with Gasteiger partial charge in [0.1, 0.15) is 0 Å². The van der Waals surface area contributed by atoms with Gasteiger partial charge in [-0.1, -0.05) is 6.07 Å². The summed E-state index contributed by atoms with van der Waals surface area (Å²) in [6.07, 6.45) is 3.85. The van der Waals surface area contributed by atoms with Gasteiger partial charge in [-0.15, -0.1) is 0 Å². The topological polar surface area (TPSA) is 48.0 Å². The number of nitrogen functional groups attached to an aromatic ring is 1. The molecule has 84 valence electrons. The summed E-state index contributed by atoms with van der Waals surface area (Å²) in [5.74, 6) is 0.938. The third-order valence-electron chi connectivity index (χ3n) is 2.59. The lowest BCUT2D eigenvalue weighted by Crippen LogP contribution is -2.20. The van der Waals surface area contributed by atoms with Gasteiger partial charge in [0.15, 0.2) is 0 Å². The molecule has 0 fully saturated rings. The summed E-state index contributed by atoms with van der Waals surface area (Å²) < 4.78 is 1.73. The van der Waals surface area contributed by atoms with Crippen LogP contribution in [0.2, 0.25) is 0 Å². The van der Waals surface area contributed by atoms with Crippen molar-refractivity contribution in [3.8, 4) is 0 Å². The summed E-state index contributed by atoms with van der Waals surface area (Å²) in [5, 5.41) is 1.54. The molecular formula is C12H14N2OS. The second-order valence-electron chi connectivity index (χ2n) is 3.62. The molecule has 0 atom stereocenters. The summed E-state index contributed by atoms with van der Waals surface area (Å²) in [5.41, 5.74) is 6.52. The van der Waals surface area contributed by atoms with Crippen molar-refractivity contribution in [1.29, 1.82) is 0 Å². The van der Waals surface area contributed by atoms with Crippen molar-refractivity contribution in [3.05, 3.63) is 40.8 Å². The van der Waals surface area contributed by atoms with Gasteiger partial charge in [0.05, 0.1) is 0 Å². The predicted molar refractivity (Wildman–Crippen MR) is 71.0 cm³/mol. The van der Waals surface area contributed by atoms with Crippen LogP contribution < -0.4 is 11.3 Å². The maximum Gasteiger partial charge on any atom is 0.258 e. The van der Waals surface area contributed by atoms with Gasteiger partial charge in [-0.2, -0.15) is 11.8 Å². The molecule has 1 aromatic heterocycles. The number of nitrogens with two attached hydrogens (primary N) is 1. The summed E-state index contributed by atoms with van der Waals surface area (Å²) in [7, 11) is 0. The molecule has 2 rings (SSSR count). The lowest BCUT2D eigenvalue weighted by molar-refractivity contribution is 0.743. The molecule has 0 unspecified atom stereocenters. The first-order chi connectivity index (χ1) is 7.74. The lowest BCUT2D eigenvalue weighted by atomic mass is 10.1. The van der Waals surface area contributed by atoms with E-state index >= 15 is 0 Å². The molecule has 1 aromatic carbocycles. The van der Waals surface area contributed by atoms with Gasteiger partial charge in [0, 0.05) is 35.0 Å². The Morgan fingerprint density at radius 1 is 1.31 bits per heavy atom. The maximum absolute atomic E-state index is 12.1. The van der Waals surface area contributed by atoms with Crippen LogP contribution in [0, 0.1) is 0 Å². The highest BCUT2D eigenvalue weighted by atomic mass is 32.2. The largest absolute Gasteiger partial charge is 0.398 e. The number of nitrogens with zero attached hydrogens (tertiary/aromatic N) is 1. The van der Waals surface area contributed by atoms with Gasteiger partial charge in [0.25, 0.3) is 5.56 Å². The van der Waals surface area contributed by atoms with Crippen molar-refractivity contribution in [1.82, 2.24) is 4.57 Å². The molecule has 0 spiro atoms. The lowest BCUT2D eigenvalue weighted by Gasteiger charge is -2.07. The van der Waals surface area contributed by atoms with Crippen LogP contribution in [-0.2, 0) is 6.54 Å². The van der Waals surface area contributed by atoms with Gasteiger partial charge in [-0.3, -0.25) is 4.79 Å². The number of aryl methyl sites for hydroxylation is 1. The summed E-state index contributed by atoms with van der Waals surface area (Å²) in [4.78, 5) is 12.1. The Hall–Kier alpha value is -1.42. The molecule has 0 radical (unpaired) electrons. The Morgan fingerprint density at radius 2 is 2.12 bits per heavy atom. The zero-order chi connectivity index (χ0) is 11.5. The van der Waals surface area contributed by atoms with E-state index in [-0.39, 0.29) is 5.56 Å². The number of benzene rings is 1. The molecule has 0 amide bonds. The van der Waals surface area contributed by atoms with Crippen molar-refractivity contribution < 1.29 is 0 Å². The van der Waals surface area contributed by atoms with Crippen molar-refractivity contribution in [3.63, 3.8) is 0 Å². The van der Waals surface area contributed by atoms with Crippen molar-refractivity contribution in [2.24, 2.45) is 0 Å². The van der Waals surface area contributed by atoms with E-state index in [2.05, 4.69) is 0 Å². The number of fused-ring (bicyclic) bond motifs is 1. The van der Waals surface area contributed by atoms with Gasteiger partial charge >= 0.3 is 0 Å². The highest BCUT2D eigenvalue weighted by molar-refractivity contribution is 7.98. The van der Waals surface area contributed by atoms with E-state index in [9.17, 15) is 4.79 Å². The Kier molecular flexibility index (Phi) is 3.19. The number of thioether (sulfide) groups is 1. The first kappa shape index (κ1) is 11.1. The van der Waals surface area contributed by atoms with Gasteiger partial charge in [-0.25, -0.2) is 0 Å². The Balaban J connectivity index is 2.57. The van der Waals surface area contributed by atoms with Crippen molar-refractivity contribution in [2.45, 2.75) is 6.54 Å². The quantitative estimate of drug-likeness (QED) is 0.826. The van der Waals surface area contributed by atoms with Crippen LogP contribution in [0.25, 0.3) is 10.8 Å². The minimum Gasteiger partial charge on any atom is -0.398 e. The molecule has 0 aliphatic rings. The molecule has 0 saturated heterocycles. The van der Waals surface area contributed by atoms with Crippen molar-refractivity contribution in [2.75, 3.05) is 17.7 Å². The van der Waals surface area contributed by atoms with E-state index in [1.807, 2.05) is 36.7 Å². The number of anilines is 1. The monoisotopic (exact) mass is 234 g/mol. The summed E-state index contributed by atoms with van der Waals surface area (Å²) >= 11 is 1.73. The van der Waals surface area contributed by atoms with Gasteiger partial charge in [0.2, 0.25) is 0 Å². The normalized spacial score (nSPS) is 10.8. The van der Waals surface area contributed by atoms with Crippen LogP contribution in [0.3, 0.4) is 0 Å². The maximum atomic E-state index is 12.1. The van der Waals surface area contributed by atoms with Gasteiger partial charge < -0.3 is 10.3 Å². The fourth-order valence-electron chi connectivity index (χ4n) is 1.71. The molecule has 0 aliphatic carbocycles. The number of pyridine rings is 1. The van der Waals surface area contributed by atoms with Crippen LogP contribution >= 0.6 is 11.8 Å².